The van der Waals surface area contributed by atoms with Gasteiger partial charge in [-0.05, 0) is 171 Å². The Morgan fingerprint density at radius 3 is 0.831 bits per heavy atom. The summed E-state index contributed by atoms with van der Waals surface area (Å²) in [6.45, 7) is 8.47. The first-order valence-corrected chi connectivity index (χ1v) is 25.2. The predicted molar refractivity (Wildman–Crippen MR) is 326 cm³/mol. The molecule has 378 valence electrons. The first-order chi connectivity index (χ1) is 37.1. The first kappa shape index (κ1) is 57.5. The fourth-order valence-electron chi connectivity index (χ4n) is 7.93. The van der Waals surface area contributed by atoms with E-state index in [0.29, 0.717) is 0 Å². The quantitative estimate of drug-likeness (QED) is 0.0677. The van der Waals surface area contributed by atoms with E-state index in [-0.39, 0.29) is 19.5 Å². The van der Waals surface area contributed by atoms with Crippen LogP contribution in [0.1, 0.15) is 44.5 Å². The van der Waals surface area contributed by atoms with Crippen molar-refractivity contribution >= 4 is 93.2 Å². The van der Waals surface area contributed by atoms with Gasteiger partial charge in [-0.25, -0.2) is 0 Å². The van der Waals surface area contributed by atoms with Crippen molar-refractivity contribution in [3.63, 3.8) is 0 Å². The number of nitrogens with zero attached hydrogens (tertiary/aromatic N) is 8. The maximum absolute atomic E-state index is 7.13. The number of aryl methyl sites for hydroxylation is 4. The Morgan fingerprint density at radius 2 is 0.571 bits per heavy atom. The first-order valence-electron chi connectivity index (χ1n) is 24.3. The number of pyridine rings is 4. The summed E-state index contributed by atoms with van der Waals surface area (Å²) in [6.07, 6.45) is 15.8. The minimum atomic E-state index is 0. The molecule has 8 nitrogen and oxygen atoms in total. The van der Waals surface area contributed by atoms with Crippen LogP contribution in [0.5, 0.6) is 0 Å². The average molecular weight is 1120 g/mol. The summed E-state index contributed by atoms with van der Waals surface area (Å²) in [5.41, 5.74) is 19.5. The molecule has 6 aromatic carbocycles. The van der Waals surface area contributed by atoms with Crippen LogP contribution in [0.2, 0.25) is 0 Å². The molecule has 4 aromatic heterocycles. The molecule has 0 N–H and O–H groups in total. The molecule has 0 saturated heterocycles. The Hall–Kier alpha value is -8.78. The number of anilines is 6. The van der Waals surface area contributed by atoms with Crippen molar-refractivity contribution in [3.05, 3.63) is 286 Å². The Bertz CT molecular complexity index is 3200. The molecule has 11 heteroatoms. The molecule has 0 bridgehead atoms. The van der Waals surface area contributed by atoms with Crippen molar-refractivity contribution in [2.24, 2.45) is 0 Å². The average Bonchev–Trinajstić information content (AvgIpc) is 3.46. The molecule has 0 aliphatic rings. The van der Waals surface area contributed by atoms with Crippen molar-refractivity contribution < 1.29 is 19.5 Å². The van der Waals surface area contributed by atoms with Gasteiger partial charge in [-0.1, -0.05) is 156 Å². The zero-order valence-electron chi connectivity index (χ0n) is 43.0. The van der Waals surface area contributed by atoms with Crippen LogP contribution >= 0.6 is 24.4 Å². The van der Waals surface area contributed by atoms with Crippen LogP contribution in [-0.2, 0) is 19.5 Å². The van der Waals surface area contributed by atoms with Crippen LogP contribution in [0.3, 0.4) is 0 Å². The second kappa shape index (κ2) is 29.9. The van der Waals surface area contributed by atoms with Gasteiger partial charge in [0.2, 0.25) is 0 Å². The van der Waals surface area contributed by atoms with E-state index in [0.717, 1.165) is 79.2 Å². The van der Waals surface area contributed by atoms with Crippen LogP contribution in [0.4, 0.5) is 34.1 Å². The maximum atomic E-state index is 7.13. The number of aromatic nitrogens is 4. The molecule has 0 unspecified atom stereocenters. The van der Waals surface area contributed by atoms with Gasteiger partial charge in [-0.3, -0.25) is 19.9 Å². The summed E-state index contributed by atoms with van der Waals surface area (Å²) in [6, 6.07) is 71.9. The van der Waals surface area contributed by atoms with Crippen molar-refractivity contribution in [1.82, 2.24) is 19.9 Å². The monoisotopic (exact) mass is 1120 g/mol. The number of hydrogen-bond acceptors (Lipinski definition) is 8. The molecule has 0 aliphatic heterocycles. The fourth-order valence-corrected chi connectivity index (χ4v) is 7.93. The summed E-state index contributed by atoms with van der Waals surface area (Å²) < 4.78 is 0. The summed E-state index contributed by atoms with van der Waals surface area (Å²) in [4.78, 5) is 22.3. The number of benzene rings is 6. The van der Waals surface area contributed by atoms with Gasteiger partial charge in [0.05, 0.1) is 22.8 Å². The second-order valence-electron chi connectivity index (χ2n) is 17.4. The van der Waals surface area contributed by atoms with Gasteiger partial charge in [0.15, 0.2) is 0 Å². The number of hydrogen-bond donors (Lipinski definition) is 0. The Balaban J connectivity index is 0.000000431. The molecule has 0 spiro atoms. The van der Waals surface area contributed by atoms with Gasteiger partial charge in [-0.15, -0.1) is 0 Å². The van der Waals surface area contributed by atoms with Gasteiger partial charge < -0.3 is 20.6 Å². The third-order valence-corrected chi connectivity index (χ3v) is 11.8. The molecule has 10 aromatic rings. The van der Waals surface area contributed by atoms with E-state index in [4.69, 9.17) is 10.8 Å². The van der Waals surface area contributed by atoms with Crippen molar-refractivity contribution in [3.8, 4) is 22.8 Å². The van der Waals surface area contributed by atoms with E-state index in [1.54, 1.807) is 12.4 Å². The Morgan fingerprint density at radius 1 is 0.325 bits per heavy atom. The third-order valence-electron chi connectivity index (χ3n) is 11.8. The topological polar surface area (TPSA) is 103 Å². The largest absolute Gasteiger partial charge is 2.00 e. The third kappa shape index (κ3) is 17.1. The van der Waals surface area contributed by atoms with Crippen LogP contribution in [0.25, 0.3) is 57.9 Å². The SMILES string of the molecule is Cc1ccc(N(c2ccc(C)cc2)c2ccc(/C=C/c3ccnc(-c4cc(/C=C/c5ccc(N(c6ccc(C)cc6)c6ccc(C)cc6)cc5)ccn4)c3)cc2)cc1.[N-]=C=S.[N-]=C=S.[Ru+2].c1ccc(-c2ccccn2)nc1. The van der Waals surface area contributed by atoms with Crippen LogP contribution in [0.15, 0.2) is 231 Å². The van der Waals surface area contributed by atoms with Crippen molar-refractivity contribution in [2.45, 2.75) is 27.7 Å². The molecule has 77 heavy (non-hydrogen) atoms. The van der Waals surface area contributed by atoms with Gasteiger partial charge in [-0.2, -0.15) is 10.3 Å². The Labute approximate surface area is 476 Å². The number of rotatable bonds is 12. The van der Waals surface area contributed by atoms with Crippen LogP contribution in [0, 0.1) is 27.7 Å². The van der Waals surface area contributed by atoms with E-state index in [9.17, 15) is 0 Å². The van der Waals surface area contributed by atoms with E-state index >= 15 is 0 Å². The molecule has 0 fully saturated rings. The second-order valence-corrected chi connectivity index (χ2v) is 17.8. The Kier molecular flexibility index (Phi) is 22.4. The van der Waals surface area contributed by atoms with Gasteiger partial charge in [0.25, 0.3) is 0 Å². The molecular formula is C66H54N8RuS2. The maximum Gasteiger partial charge on any atom is 2.00 e. The van der Waals surface area contributed by atoms with E-state index in [1.165, 1.54) is 32.6 Å². The predicted octanol–water partition coefficient (Wildman–Crippen LogP) is 18.1. The van der Waals surface area contributed by atoms with Crippen molar-refractivity contribution in [2.75, 3.05) is 9.80 Å². The van der Waals surface area contributed by atoms with Gasteiger partial charge in [0, 0.05) is 58.9 Å². The summed E-state index contributed by atoms with van der Waals surface area (Å²) in [5.74, 6) is 0. The summed E-state index contributed by atoms with van der Waals surface area (Å²) in [7, 11) is 0. The zero-order chi connectivity index (χ0) is 53.5. The molecular weight excluding hydrogens is 1070 g/mol. The van der Waals surface area contributed by atoms with Crippen LogP contribution < -0.4 is 9.80 Å². The standard InChI is InChI=1S/C54H46N4.C10H8N2.2CNS.Ru/c1-39-5-21-47(22-6-39)57(48-23-7-40(2)8-24-48)51-29-17-43(18-30-51)13-15-45-33-35-55-53(37-45)54-38-46(34-36-56-54)16-14-44-19-31-52(32-20-44)58(49-25-9-41(3)10-26-49)50-27-11-42(4)12-28-50;1-3-7-11-9(5-1)10-6-2-4-8-12-10;2*2-1-3;/h5-38H,1-4H3;1-8H;;;/q;;2*-1;+2/b15-13+,16-14+;;;;. The number of isothiocyanates is 2. The summed E-state index contributed by atoms with van der Waals surface area (Å²) in [5, 5.41) is 16.9. The molecule has 10 rings (SSSR count). The van der Waals surface area contributed by atoms with E-state index < -0.39 is 0 Å². The van der Waals surface area contributed by atoms with Gasteiger partial charge >= 0.3 is 19.5 Å². The molecule has 0 atom stereocenters. The van der Waals surface area contributed by atoms with Crippen molar-refractivity contribution in [1.29, 1.82) is 0 Å². The molecule has 0 saturated carbocycles. The fraction of sp³-hybridized carbons (Fsp3) is 0.0606. The minimum Gasteiger partial charge on any atom is -0.753 e. The molecule has 0 amide bonds. The minimum absolute atomic E-state index is 0. The molecule has 0 radical (unpaired) electrons. The molecule has 4 heterocycles. The normalized spacial score (nSPS) is 10.2. The molecule has 0 aliphatic carbocycles. The summed E-state index contributed by atoms with van der Waals surface area (Å²) >= 11 is 7.40. The number of thiocarbonyl (C=S) groups is 2. The smallest absolute Gasteiger partial charge is 0.753 e. The van der Waals surface area contributed by atoms with Crippen LogP contribution in [-0.4, -0.2) is 30.3 Å². The van der Waals surface area contributed by atoms with Gasteiger partial charge in [0.1, 0.15) is 0 Å². The zero-order valence-corrected chi connectivity index (χ0v) is 46.4. The van der Waals surface area contributed by atoms with E-state index in [1.807, 2.05) is 60.9 Å². The van der Waals surface area contributed by atoms with E-state index in [2.05, 4.69) is 264 Å².